The number of nitrogens with zero attached hydrogens (tertiary/aromatic N) is 1. The number of fused-ring (bicyclic) bond motifs is 2. The van der Waals surface area contributed by atoms with Gasteiger partial charge in [-0.15, -0.1) is 0 Å². The van der Waals surface area contributed by atoms with Gasteiger partial charge in [-0.25, -0.2) is 4.79 Å². The van der Waals surface area contributed by atoms with E-state index in [1.54, 1.807) is 0 Å². The Bertz CT molecular complexity index is 710. The Hall–Kier alpha value is -2.08. The molecule has 1 aromatic rings. The highest BCUT2D eigenvalue weighted by Gasteiger charge is 2.50. The number of hydrogen-bond acceptors (Lipinski definition) is 3. The van der Waals surface area contributed by atoms with Gasteiger partial charge in [-0.1, -0.05) is 12.1 Å². The predicted octanol–water partition coefficient (Wildman–Crippen LogP) is 2.47. The van der Waals surface area contributed by atoms with E-state index >= 15 is 0 Å². The lowest BCUT2D eigenvalue weighted by Gasteiger charge is -2.40. The molecule has 1 aromatic carbocycles. The van der Waals surface area contributed by atoms with E-state index in [0.717, 1.165) is 50.9 Å². The highest BCUT2D eigenvalue weighted by atomic mass is 16.4. The van der Waals surface area contributed by atoms with Gasteiger partial charge in [-0.3, -0.25) is 9.69 Å². The summed E-state index contributed by atoms with van der Waals surface area (Å²) in [4.78, 5) is 26.0. The number of nitrogens with one attached hydrogen (secondary N) is 2. The molecule has 6 heteroatoms. The van der Waals surface area contributed by atoms with Crippen molar-refractivity contribution < 1.29 is 14.7 Å². The van der Waals surface area contributed by atoms with Gasteiger partial charge in [0.1, 0.15) is 0 Å². The van der Waals surface area contributed by atoms with Crippen molar-refractivity contribution in [2.24, 2.45) is 0 Å². The minimum atomic E-state index is -0.941. The molecule has 1 saturated carbocycles. The van der Waals surface area contributed by atoms with Gasteiger partial charge < -0.3 is 15.7 Å². The summed E-state index contributed by atoms with van der Waals surface area (Å²) in [5.41, 5.74) is 3.01. The number of aryl methyl sites for hydroxylation is 1. The van der Waals surface area contributed by atoms with Crippen molar-refractivity contribution in [3.63, 3.8) is 0 Å². The van der Waals surface area contributed by atoms with Crippen LogP contribution >= 0.6 is 0 Å². The van der Waals surface area contributed by atoms with E-state index in [-0.39, 0.29) is 17.4 Å². The van der Waals surface area contributed by atoms with Crippen LogP contribution in [0.1, 0.15) is 43.2 Å². The number of carbonyl (C=O) groups is 2. The Balaban J connectivity index is 1.46. The third-order valence-corrected chi connectivity index (χ3v) is 6.31. The third-order valence-electron chi connectivity index (χ3n) is 6.31. The van der Waals surface area contributed by atoms with Gasteiger partial charge in [0.05, 0.1) is 5.41 Å². The number of likely N-dealkylation sites (tertiary alicyclic amines) is 1. The molecule has 0 aromatic heterocycles. The molecule has 134 valence electrons. The minimum absolute atomic E-state index is 0.0335. The second kappa shape index (κ2) is 6.02. The van der Waals surface area contributed by atoms with Crippen LogP contribution in [0, 0.1) is 6.92 Å². The zero-order valence-electron chi connectivity index (χ0n) is 14.5. The molecule has 2 amide bonds. The van der Waals surface area contributed by atoms with Crippen molar-refractivity contribution in [2.75, 3.05) is 18.4 Å². The van der Waals surface area contributed by atoms with E-state index in [1.165, 1.54) is 11.1 Å². The van der Waals surface area contributed by atoms with Gasteiger partial charge in [0.2, 0.25) is 5.91 Å². The highest BCUT2D eigenvalue weighted by molar-refractivity contribution is 6.06. The van der Waals surface area contributed by atoms with Crippen LogP contribution in [0.2, 0.25) is 0 Å². The second-order valence-corrected chi connectivity index (χ2v) is 7.69. The fourth-order valence-electron chi connectivity index (χ4n) is 5.11. The smallest absolute Gasteiger partial charge is 0.404 e. The molecule has 3 N–H and O–H groups in total. The van der Waals surface area contributed by atoms with Gasteiger partial charge >= 0.3 is 6.09 Å². The molecule has 3 aliphatic rings. The minimum Gasteiger partial charge on any atom is -0.465 e. The van der Waals surface area contributed by atoms with Crippen LogP contribution in [0.25, 0.3) is 0 Å². The maximum Gasteiger partial charge on any atom is 0.404 e. The molecule has 1 saturated heterocycles. The molecular weight excluding hydrogens is 318 g/mol. The average Bonchev–Trinajstić information content (AvgIpc) is 3.12. The van der Waals surface area contributed by atoms with E-state index < -0.39 is 6.09 Å². The monoisotopic (exact) mass is 343 g/mol. The quantitative estimate of drug-likeness (QED) is 0.770. The summed E-state index contributed by atoms with van der Waals surface area (Å²) in [7, 11) is 0. The fourth-order valence-corrected chi connectivity index (χ4v) is 5.11. The molecule has 0 bridgehead atoms. The molecule has 0 radical (unpaired) electrons. The number of amides is 2. The van der Waals surface area contributed by atoms with Crippen LogP contribution in [0.4, 0.5) is 10.5 Å². The molecule has 1 aliphatic carbocycles. The Labute approximate surface area is 147 Å². The van der Waals surface area contributed by atoms with Gasteiger partial charge in [-0.2, -0.15) is 0 Å². The normalized spacial score (nSPS) is 31.8. The summed E-state index contributed by atoms with van der Waals surface area (Å²) >= 11 is 0. The van der Waals surface area contributed by atoms with Gasteiger partial charge in [0.25, 0.3) is 0 Å². The summed E-state index contributed by atoms with van der Waals surface area (Å²) in [5.74, 6) is 0.155. The first kappa shape index (κ1) is 16.4. The molecule has 4 rings (SSSR count). The largest absolute Gasteiger partial charge is 0.465 e. The van der Waals surface area contributed by atoms with Crippen molar-refractivity contribution in [3.8, 4) is 0 Å². The molecule has 0 unspecified atom stereocenters. The topological polar surface area (TPSA) is 81.7 Å². The lowest BCUT2D eigenvalue weighted by molar-refractivity contribution is -0.122. The molecule has 2 heterocycles. The summed E-state index contributed by atoms with van der Waals surface area (Å²) in [6.45, 7) is 3.81. The van der Waals surface area contributed by atoms with Gasteiger partial charge in [0, 0.05) is 30.9 Å². The van der Waals surface area contributed by atoms with Crippen LogP contribution in [0.15, 0.2) is 18.2 Å². The molecule has 1 atom stereocenters. The maximum atomic E-state index is 12.8. The maximum absolute atomic E-state index is 12.8. The summed E-state index contributed by atoms with van der Waals surface area (Å²) < 4.78 is 0. The Morgan fingerprint density at radius 2 is 2.08 bits per heavy atom. The Morgan fingerprint density at radius 1 is 1.32 bits per heavy atom. The molecule has 25 heavy (non-hydrogen) atoms. The number of carbonyl (C=O) groups excluding carboxylic acids is 1. The molecule has 2 fully saturated rings. The first-order valence-electron chi connectivity index (χ1n) is 9.15. The van der Waals surface area contributed by atoms with E-state index in [4.69, 9.17) is 5.11 Å². The third kappa shape index (κ3) is 2.68. The Kier molecular flexibility index (Phi) is 3.95. The van der Waals surface area contributed by atoms with Crippen molar-refractivity contribution in [1.82, 2.24) is 10.2 Å². The van der Waals surface area contributed by atoms with E-state index in [1.807, 2.05) is 12.1 Å². The zero-order valence-corrected chi connectivity index (χ0v) is 14.5. The van der Waals surface area contributed by atoms with Crippen LogP contribution in [-0.4, -0.2) is 47.2 Å². The standard InChI is InChI=1S/C19H25N3O3/c1-12-3-2-4-15-16(12)19(17(23)21-15)8-5-14(6-9-19)22-10-7-13(11-22)20-18(24)25/h2-4,13-14,20H,5-11H2,1H3,(H,21,23)(H,24,25)/t13-,14?,19?/m0/s1. The number of rotatable bonds is 2. The van der Waals surface area contributed by atoms with Crippen LogP contribution in [-0.2, 0) is 10.2 Å². The number of benzene rings is 1. The number of hydrogen-bond donors (Lipinski definition) is 3. The lowest BCUT2D eigenvalue weighted by Crippen LogP contribution is -2.46. The van der Waals surface area contributed by atoms with E-state index in [9.17, 15) is 9.59 Å². The Morgan fingerprint density at radius 3 is 2.80 bits per heavy atom. The molecule has 1 spiro atoms. The van der Waals surface area contributed by atoms with Crippen LogP contribution in [0.5, 0.6) is 0 Å². The van der Waals surface area contributed by atoms with Gasteiger partial charge in [0.15, 0.2) is 0 Å². The lowest BCUT2D eigenvalue weighted by atomic mass is 9.67. The molecule has 6 nitrogen and oxygen atoms in total. The number of anilines is 1. The van der Waals surface area contributed by atoms with E-state index in [0.29, 0.717) is 6.04 Å². The van der Waals surface area contributed by atoms with Crippen molar-refractivity contribution >= 4 is 17.7 Å². The average molecular weight is 343 g/mol. The predicted molar refractivity (Wildman–Crippen MR) is 94.9 cm³/mol. The van der Waals surface area contributed by atoms with Crippen molar-refractivity contribution in [1.29, 1.82) is 0 Å². The van der Waals surface area contributed by atoms with Gasteiger partial charge in [-0.05, 0) is 56.2 Å². The fraction of sp³-hybridized carbons (Fsp3) is 0.579. The van der Waals surface area contributed by atoms with Crippen molar-refractivity contribution in [3.05, 3.63) is 29.3 Å². The first-order chi connectivity index (χ1) is 12.0. The SMILES string of the molecule is Cc1cccc2c1C1(CCC(N3CC[C@H](NC(=O)O)C3)CC1)C(=O)N2. The highest BCUT2D eigenvalue weighted by Crippen LogP contribution is 2.49. The zero-order chi connectivity index (χ0) is 17.6. The molecular formula is C19H25N3O3. The second-order valence-electron chi connectivity index (χ2n) is 7.69. The van der Waals surface area contributed by atoms with E-state index in [2.05, 4.69) is 28.5 Å². The first-order valence-corrected chi connectivity index (χ1v) is 9.15. The number of carboxylic acid groups (broad SMARTS) is 1. The summed E-state index contributed by atoms with van der Waals surface area (Å²) in [6.07, 6.45) is 3.64. The van der Waals surface area contributed by atoms with Crippen LogP contribution < -0.4 is 10.6 Å². The van der Waals surface area contributed by atoms with Crippen molar-refractivity contribution in [2.45, 2.75) is 56.5 Å². The molecule has 2 aliphatic heterocycles. The summed E-state index contributed by atoms with van der Waals surface area (Å²) in [5, 5.41) is 14.6. The van der Waals surface area contributed by atoms with Crippen LogP contribution in [0.3, 0.4) is 0 Å². The summed E-state index contributed by atoms with van der Waals surface area (Å²) in [6, 6.07) is 6.58.